The SMILES string of the molecule is CC(C)CCOC[C@H](O)C[C@@H](Cc1ccccc1)C(=O)NNC(=S)Nc1ccccc1. The van der Waals surface area contributed by atoms with Gasteiger partial charge in [0.2, 0.25) is 5.91 Å². The zero-order chi connectivity index (χ0) is 22.5. The van der Waals surface area contributed by atoms with Crippen molar-refractivity contribution in [2.75, 3.05) is 18.5 Å². The average Bonchev–Trinajstić information content (AvgIpc) is 2.76. The Hall–Kier alpha value is -2.48. The van der Waals surface area contributed by atoms with Gasteiger partial charge in [0, 0.05) is 18.2 Å². The van der Waals surface area contributed by atoms with Gasteiger partial charge in [0.25, 0.3) is 0 Å². The van der Waals surface area contributed by atoms with Crippen LogP contribution in [0.25, 0.3) is 0 Å². The molecule has 1 amide bonds. The summed E-state index contributed by atoms with van der Waals surface area (Å²) in [5, 5.41) is 13.7. The van der Waals surface area contributed by atoms with Crippen LogP contribution >= 0.6 is 12.2 Å². The van der Waals surface area contributed by atoms with Gasteiger partial charge in [-0.05, 0) is 55.1 Å². The van der Waals surface area contributed by atoms with Crippen LogP contribution in [0, 0.1) is 11.8 Å². The summed E-state index contributed by atoms with van der Waals surface area (Å²) in [7, 11) is 0. The van der Waals surface area contributed by atoms with E-state index in [1.165, 1.54) is 0 Å². The average molecular weight is 444 g/mol. The molecule has 0 aromatic heterocycles. The number of ether oxygens (including phenoxy) is 1. The minimum atomic E-state index is -0.721. The topological polar surface area (TPSA) is 82.6 Å². The van der Waals surface area contributed by atoms with Crippen molar-refractivity contribution in [2.45, 2.75) is 39.2 Å². The summed E-state index contributed by atoms with van der Waals surface area (Å²) in [6, 6.07) is 19.2. The molecular weight excluding hydrogens is 410 g/mol. The summed E-state index contributed by atoms with van der Waals surface area (Å²) < 4.78 is 5.57. The Kier molecular flexibility index (Phi) is 11.0. The minimum Gasteiger partial charge on any atom is -0.391 e. The standard InChI is InChI=1S/C24H33N3O3S/c1-18(2)13-14-30-17-22(28)16-20(15-19-9-5-3-6-10-19)23(29)26-27-24(31)25-21-11-7-4-8-12-21/h3-12,18,20,22,28H,13-17H2,1-2H3,(H,26,29)(H2,25,27,31)/t20-,22-/m1/s1. The van der Waals surface area contributed by atoms with E-state index in [-0.39, 0.29) is 17.6 Å². The number of benzene rings is 2. The van der Waals surface area contributed by atoms with Crippen molar-refractivity contribution in [2.24, 2.45) is 11.8 Å². The van der Waals surface area contributed by atoms with Crippen molar-refractivity contribution in [3.05, 3.63) is 66.2 Å². The van der Waals surface area contributed by atoms with Crippen LogP contribution in [0.4, 0.5) is 5.69 Å². The molecule has 31 heavy (non-hydrogen) atoms. The van der Waals surface area contributed by atoms with Gasteiger partial charge in [-0.15, -0.1) is 0 Å². The predicted molar refractivity (Wildman–Crippen MR) is 128 cm³/mol. The Labute approximate surface area is 190 Å². The lowest BCUT2D eigenvalue weighted by Crippen LogP contribution is -2.47. The van der Waals surface area contributed by atoms with Crippen LogP contribution in [0.1, 0.15) is 32.3 Å². The molecule has 6 nitrogen and oxygen atoms in total. The monoisotopic (exact) mass is 443 g/mol. The zero-order valence-electron chi connectivity index (χ0n) is 18.2. The molecule has 2 atom stereocenters. The number of hydrogen-bond donors (Lipinski definition) is 4. The molecule has 0 spiro atoms. The van der Waals surface area contributed by atoms with Crippen LogP contribution in [0.2, 0.25) is 0 Å². The second kappa shape index (κ2) is 13.7. The number of amides is 1. The van der Waals surface area contributed by atoms with E-state index < -0.39 is 12.0 Å². The number of nitrogens with one attached hydrogen (secondary N) is 3. The molecule has 0 unspecified atom stereocenters. The first-order chi connectivity index (χ1) is 14.9. The number of carbonyl (C=O) groups is 1. The summed E-state index contributed by atoms with van der Waals surface area (Å²) in [6.45, 7) is 5.08. The highest BCUT2D eigenvalue weighted by Crippen LogP contribution is 2.15. The third-order valence-electron chi connectivity index (χ3n) is 4.73. The minimum absolute atomic E-state index is 0.215. The largest absolute Gasteiger partial charge is 0.391 e. The highest BCUT2D eigenvalue weighted by atomic mass is 32.1. The maximum atomic E-state index is 12.8. The summed E-state index contributed by atoms with van der Waals surface area (Å²) in [6.07, 6.45) is 1.02. The van der Waals surface area contributed by atoms with E-state index in [2.05, 4.69) is 30.0 Å². The van der Waals surface area contributed by atoms with Crippen LogP contribution in [0.5, 0.6) is 0 Å². The number of hydrogen-bond acceptors (Lipinski definition) is 4. The van der Waals surface area contributed by atoms with E-state index in [0.717, 1.165) is 17.7 Å². The third-order valence-corrected chi connectivity index (χ3v) is 4.94. The Morgan fingerprint density at radius 3 is 2.32 bits per heavy atom. The summed E-state index contributed by atoms with van der Waals surface area (Å²) in [5.74, 6) is -0.117. The van der Waals surface area contributed by atoms with Gasteiger partial charge in [-0.25, -0.2) is 0 Å². The van der Waals surface area contributed by atoms with Gasteiger partial charge in [-0.3, -0.25) is 15.6 Å². The fourth-order valence-corrected chi connectivity index (χ4v) is 3.19. The molecule has 2 rings (SSSR count). The van der Waals surface area contributed by atoms with Gasteiger partial charge in [-0.2, -0.15) is 0 Å². The fraction of sp³-hybridized carbons (Fsp3) is 0.417. The smallest absolute Gasteiger partial charge is 0.241 e. The maximum Gasteiger partial charge on any atom is 0.241 e. The number of aliphatic hydroxyl groups is 1. The summed E-state index contributed by atoms with van der Waals surface area (Å²) in [4.78, 5) is 12.8. The number of rotatable bonds is 11. The van der Waals surface area contributed by atoms with Crippen molar-refractivity contribution in [3.63, 3.8) is 0 Å². The van der Waals surface area contributed by atoms with E-state index in [0.29, 0.717) is 25.4 Å². The van der Waals surface area contributed by atoms with Gasteiger partial charge >= 0.3 is 0 Å². The molecule has 0 heterocycles. The lowest BCUT2D eigenvalue weighted by atomic mass is 9.93. The van der Waals surface area contributed by atoms with Crippen molar-refractivity contribution >= 4 is 28.9 Å². The molecule has 4 N–H and O–H groups in total. The van der Waals surface area contributed by atoms with Gasteiger partial charge in [0.15, 0.2) is 5.11 Å². The number of hydrazine groups is 1. The maximum absolute atomic E-state index is 12.8. The molecule has 0 aliphatic carbocycles. The number of carbonyl (C=O) groups excluding carboxylic acids is 1. The summed E-state index contributed by atoms with van der Waals surface area (Å²) in [5.41, 5.74) is 7.26. The highest BCUT2D eigenvalue weighted by Gasteiger charge is 2.23. The molecule has 0 saturated carbocycles. The molecule has 2 aromatic carbocycles. The van der Waals surface area contributed by atoms with Gasteiger partial charge < -0.3 is 15.2 Å². The molecule has 168 valence electrons. The van der Waals surface area contributed by atoms with E-state index in [1.54, 1.807) is 0 Å². The normalized spacial score (nSPS) is 12.8. The first-order valence-electron chi connectivity index (χ1n) is 10.7. The van der Waals surface area contributed by atoms with E-state index >= 15 is 0 Å². The second-order valence-corrected chi connectivity index (χ2v) is 8.38. The van der Waals surface area contributed by atoms with Gasteiger partial charge in [-0.1, -0.05) is 62.4 Å². The lowest BCUT2D eigenvalue weighted by Gasteiger charge is -2.21. The molecule has 0 bridgehead atoms. The highest BCUT2D eigenvalue weighted by molar-refractivity contribution is 7.80. The van der Waals surface area contributed by atoms with E-state index in [1.807, 2.05) is 60.7 Å². The van der Waals surface area contributed by atoms with Crippen molar-refractivity contribution in [1.29, 1.82) is 0 Å². The van der Waals surface area contributed by atoms with Gasteiger partial charge in [0.1, 0.15) is 0 Å². The van der Waals surface area contributed by atoms with Crippen LogP contribution in [-0.4, -0.2) is 35.4 Å². The number of aliphatic hydroxyl groups excluding tert-OH is 1. The molecule has 0 aliphatic rings. The molecular formula is C24H33N3O3S. The molecule has 2 aromatic rings. The molecule has 0 radical (unpaired) electrons. The van der Waals surface area contributed by atoms with E-state index in [9.17, 15) is 9.90 Å². The third kappa shape index (κ3) is 10.4. The second-order valence-electron chi connectivity index (χ2n) is 7.97. The lowest BCUT2D eigenvalue weighted by molar-refractivity contribution is -0.127. The Bertz CT molecular complexity index is 787. The van der Waals surface area contributed by atoms with Crippen LogP contribution in [0.3, 0.4) is 0 Å². The first-order valence-corrected chi connectivity index (χ1v) is 11.1. The molecule has 7 heteroatoms. The number of anilines is 1. The van der Waals surface area contributed by atoms with E-state index in [4.69, 9.17) is 17.0 Å². The Morgan fingerprint density at radius 1 is 1.03 bits per heavy atom. The number of para-hydroxylation sites is 1. The van der Waals surface area contributed by atoms with Gasteiger partial charge in [0.05, 0.1) is 12.7 Å². The van der Waals surface area contributed by atoms with Crippen LogP contribution < -0.4 is 16.2 Å². The zero-order valence-corrected chi connectivity index (χ0v) is 19.0. The fourth-order valence-electron chi connectivity index (χ4n) is 3.02. The Balaban J connectivity index is 1.88. The quantitative estimate of drug-likeness (QED) is 0.241. The number of thiocarbonyl (C=S) groups is 1. The van der Waals surface area contributed by atoms with Crippen molar-refractivity contribution in [1.82, 2.24) is 10.9 Å². The predicted octanol–water partition coefficient (Wildman–Crippen LogP) is 3.68. The van der Waals surface area contributed by atoms with Crippen LogP contribution in [-0.2, 0) is 16.0 Å². The van der Waals surface area contributed by atoms with Crippen LogP contribution in [0.15, 0.2) is 60.7 Å². The molecule has 0 saturated heterocycles. The van der Waals surface area contributed by atoms with Crippen molar-refractivity contribution in [3.8, 4) is 0 Å². The Morgan fingerprint density at radius 2 is 1.68 bits per heavy atom. The summed E-state index contributed by atoms with van der Waals surface area (Å²) >= 11 is 5.24. The van der Waals surface area contributed by atoms with Crippen molar-refractivity contribution < 1.29 is 14.6 Å². The molecule has 0 aliphatic heterocycles. The first kappa shape index (κ1) is 24.8. The molecule has 0 fully saturated rings.